The maximum atomic E-state index is 6.55. The van der Waals surface area contributed by atoms with Crippen molar-refractivity contribution in [2.45, 2.75) is 92.9 Å². The Morgan fingerprint density at radius 2 is 0.950 bits per heavy atom. The fraction of sp³-hybridized carbons (Fsp3) is 0.688. The Kier molecular flexibility index (Phi) is 11.3. The van der Waals surface area contributed by atoms with Crippen LogP contribution >= 0.6 is 0 Å². The molecular formula is C32H50B2O6. The van der Waals surface area contributed by atoms with Crippen LogP contribution < -0.4 is 20.4 Å². The quantitative estimate of drug-likeness (QED) is 0.203. The summed E-state index contributed by atoms with van der Waals surface area (Å²) in [5.41, 5.74) is 1.87. The first kappa shape index (κ1) is 31.2. The average Bonchev–Trinajstić information content (AvgIpc) is 2.93. The van der Waals surface area contributed by atoms with Crippen LogP contribution in [0.3, 0.4) is 0 Å². The molecule has 0 saturated carbocycles. The summed E-state index contributed by atoms with van der Waals surface area (Å²) >= 11 is 0. The van der Waals surface area contributed by atoms with Gasteiger partial charge in [-0.25, -0.2) is 0 Å². The van der Waals surface area contributed by atoms with Crippen molar-refractivity contribution in [3.8, 4) is 11.5 Å². The van der Waals surface area contributed by atoms with Gasteiger partial charge in [-0.15, -0.1) is 0 Å². The molecule has 6 nitrogen and oxygen atoms in total. The van der Waals surface area contributed by atoms with Crippen molar-refractivity contribution in [2.24, 2.45) is 10.8 Å². The summed E-state index contributed by atoms with van der Waals surface area (Å²) in [5, 5.41) is 2.02. The van der Waals surface area contributed by atoms with E-state index in [4.69, 9.17) is 28.1 Å². The van der Waals surface area contributed by atoms with Gasteiger partial charge in [0.05, 0.1) is 13.2 Å². The third kappa shape index (κ3) is 8.18. The molecule has 220 valence electrons. The highest BCUT2D eigenvalue weighted by atomic mass is 16.6. The smallest absolute Gasteiger partial charge is 0.493 e. The van der Waals surface area contributed by atoms with Crippen LogP contribution in [-0.4, -0.2) is 53.9 Å². The number of hydrogen-bond acceptors (Lipinski definition) is 6. The second-order valence-corrected chi connectivity index (χ2v) is 13.1. The molecule has 2 aliphatic heterocycles. The molecule has 0 aromatic heterocycles. The van der Waals surface area contributed by atoms with Gasteiger partial charge in [-0.3, -0.25) is 0 Å². The summed E-state index contributed by atoms with van der Waals surface area (Å²) in [6, 6.07) is 8.43. The van der Waals surface area contributed by atoms with Gasteiger partial charge in [0.1, 0.15) is 11.5 Å². The second kappa shape index (κ2) is 14.4. The van der Waals surface area contributed by atoms with E-state index in [1.807, 2.05) is 0 Å². The Labute approximate surface area is 243 Å². The van der Waals surface area contributed by atoms with E-state index in [0.717, 1.165) is 58.9 Å². The van der Waals surface area contributed by atoms with E-state index in [2.05, 4.69) is 65.8 Å². The number of fused-ring (bicyclic) bond motifs is 1. The molecule has 8 heteroatoms. The third-order valence-electron chi connectivity index (χ3n) is 7.66. The molecule has 2 aliphatic rings. The Bertz CT molecular complexity index is 984. The van der Waals surface area contributed by atoms with Gasteiger partial charge >= 0.3 is 14.2 Å². The zero-order valence-corrected chi connectivity index (χ0v) is 25.8. The van der Waals surface area contributed by atoms with Crippen LogP contribution in [0.1, 0.15) is 92.9 Å². The first-order chi connectivity index (χ1) is 19.2. The number of ether oxygens (including phenoxy) is 2. The molecule has 40 heavy (non-hydrogen) atoms. The molecule has 2 saturated heterocycles. The van der Waals surface area contributed by atoms with Gasteiger partial charge in [-0.05, 0) is 12.8 Å². The van der Waals surface area contributed by atoms with Gasteiger partial charge in [0.2, 0.25) is 0 Å². The number of hydrogen-bond donors (Lipinski definition) is 0. The van der Waals surface area contributed by atoms with Crippen LogP contribution in [0.15, 0.2) is 24.3 Å². The van der Waals surface area contributed by atoms with Gasteiger partial charge in [0, 0.05) is 59.0 Å². The molecule has 0 unspecified atom stereocenters. The number of benzene rings is 2. The van der Waals surface area contributed by atoms with Crippen molar-refractivity contribution < 1.29 is 28.1 Å². The minimum Gasteiger partial charge on any atom is -0.493 e. The first-order valence-electron chi connectivity index (χ1n) is 15.6. The van der Waals surface area contributed by atoms with Gasteiger partial charge in [0.25, 0.3) is 0 Å². The highest BCUT2D eigenvalue weighted by Crippen LogP contribution is 2.34. The van der Waals surface area contributed by atoms with Crippen LogP contribution in [0.4, 0.5) is 0 Å². The van der Waals surface area contributed by atoms with Crippen molar-refractivity contribution in [1.82, 2.24) is 0 Å². The molecule has 2 aromatic rings. The van der Waals surface area contributed by atoms with Crippen LogP contribution in [0, 0.1) is 10.8 Å². The summed E-state index contributed by atoms with van der Waals surface area (Å²) in [5.74, 6) is 1.65. The molecule has 0 amide bonds. The van der Waals surface area contributed by atoms with E-state index in [9.17, 15) is 0 Å². The molecule has 0 aliphatic carbocycles. The van der Waals surface area contributed by atoms with E-state index < -0.39 is 14.2 Å². The highest BCUT2D eigenvalue weighted by molar-refractivity contribution is 6.64. The maximum absolute atomic E-state index is 6.55. The molecule has 0 bridgehead atoms. The van der Waals surface area contributed by atoms with Gasteiger partial charge in [-0.2, -0.15) is 0 Å². The summed E-state index contributed by atoms with van der Waals surface area (Å²) < 4.78 is 37.9. The molecule has 0 atom stereocenters. The second-order valence-electron chi connectivity index (χ2n) is 13.1. The zero-order chi connectivity index (χ0) is 28.6. The minimum atomic E-state index is -0.451. The normalized spacial score (nSPS) is 18.8. The standard InChI is InChI=1S/C32H50B2O6/c1-7-9-11-13-19-35-29-25-15-18-28(34-39-23-32(5,6)24-40-34)30(36-20-14-12-10-8-2)26(25)16-17-27(29)33-37-21-31(3,4)22-38-33/h15-18H,7-14,19-24H2,1-6H3. The molecule has 0 N–H and O–H groups in total. The fourth-order valence-electron chi connectivity index (χ4n) is 5.23. The van der Waals surface area contributed by atoms with Crippen molar-refractivity contribution in [3.63, 3.8) is 0 Å². The topological polar surface area (TPSA) is 55.4 Å². The molecule has 0 spiro atoms. The lowest BCUT2D eigenvalue weighted by Crippen LogP contribution is -2.48. The third-order valence-corrected chi connectivity index (χ3v) is 7.66. The molecule has 4 rings (SSSR count). The Hall–Kier alpha value is -1.73. The number of unbranched alkanes of at least 4 members (excludes halogenated alkanes) is 6. The molecular weight excluding hydrogens is 502 g/mol. The first-order valence-corrected chi connectivity index (χ1v) is 15.6. The van der Waals surface area contributed by atoms with Crippen molar-refractivity contribution in [2.75, 3.05) is 39.6 Å². The summed E-state index contributed by atoms with van der Waals surface area (Å²) in [7, 11) is -0.901. The van der Waals surface area contributed by atoms with Crippen LogP contribution in [-0.2, 0) is 18.6 Å². The van der Waals surface area contributed by atoms with E-state index >= 15 is 0 Å². The SMILES string of the molecule is CCCCCCOc1c(B2OCC(C)(C)CO2)ccc2c(OCCCCCC)c(B3OCC(C)(C)CO3)ccc12. The van der Waals surface area contributed by atoms with E-state index in [1.54, 1.807) is 0 Å². The van der Waals surface area contributed by atoms with E-state index in [0.29, 0.717) is 39.6 Å². The Balaban J connectivity index is 1.69. The largest absolute Gasteiger partial charge is 0.497 e. The van der Waals surface area contributed by atoms with Crippen LogP contribution in [0.5, 0.6) is 11.5 Å². The molecule has 2 aromatic carbocycles. The predicted molar refractivity (Wildman–Crippen MR) is 165 cm³/mol. The van der Waals surface area contributed by atoms with Gasteiger partial charge in [-0.1, -0.05) is 104 Å². The van der Waals surface area contributed by atoms with E-state index in [-0.39, 0.29) is 10.8 Å². The molecule has 0 radical (unpaired) electrons. The van der Waals surface area contributed by atoms with Crippen LogP contribution in [0.25, 0.3) is 10.8 Å². The predicted octanol–water partition coefficient (Wildman–Crippen LogP) is 6.29. The summed E-state index contributed by atoms with van der Waals surface area (Å²) in [4.78, 5) is 0. The van der Waals surface area contributed by atoms with E-state index in [1.165, 1.54) is 25.7 Å². The maximum Gasteiger partial charge on any atom is 0.497 e. The summed E-state index contributed by atoms with van der Waals surface area (Å²) in [6.07, 6.45) is 9.17. The highest BCUT2D eigenvalue weighted by Gasteiger charge is 2.38. The van der Waals surface area contributed by atoms with Crippen molar-refractivity contribution >= 4 is 35.9 Å². The van der Waals surface area contributed by atoms with Crippen molar-refractivity contribution in [3.05, 3.63) is 24.3 Å². The fourth-order valence-corrected chi connectivity index (χ4v) is 5.23. The lowest BCUT2D eigenvalue weighted by Gasteiger charge is -2.34. The molecule has 2 fully saturated rings. The van der Waals surface area contributed by atoms with Crippen LogP contribution in [0.2, 0.25) is 0 Å². The van der Waals surface area contributed by atoms with Gasteiger partial charge < -0.3 is 28.1 Å². The van der Waals surface area contributed by atoms with Gasteiger partial charge in [0.15, 0.2) is 0 Å². The lowest BCUT2D eigenvalue weighted by molar-refractivity contribution is 0.0340. The van der Waals surface area contributed by atoms with Crippen molar-refractivity contribution in [1.29, 1.82) is 0 Å². The minimum absolute atomic E-state index is 0.00320. The lowest BCUT2D eigenvalue weighted by atomic mass is 9.72. The zero-order valence-electron chi connectivity index (χ0n) is 25.8. The monoisotopic (exact) mass is 552 g/mol. The molecule has 2 heterocycles. The Morgan fingerprint density at radius 1 is 0.575 bits per heavy atom. The average molecular weight is 552 g/mol. The Morgan fingerprint density at radius 3 is 1.30 bits per heavy atom. The summed E-state index contributed by atoms with van der Waals surface area (Å²) in [6.45, 7) is 17.0. The number of rotatable bonds is 14.